The molecule has 2 amide bonds. The number of hydrogen-bond donors (Lipinski definition) is 3. The average molecular weight is 731 g/mol. The number of benzene rings is 2. The number of nitrogens with one attached hydrogen (secondary N) is 2. The molecule has 3 N–H and O–H groups in total. The normalized spacial score (nSPS) is 19.8. The number of carbonyl (C=O) groups is 3. The van der Waals surface area contributed by atoms with E-state index >= 15 is 0 Å². The Balaban J connectivity index is 0.801. The van der Waals surface area contributed by atoms with Crippen LogP contribution in [0.1, 0.15) is 59.0 Å². The van der Waals surface area contributed by atoms with Crippen molar-refractivity contribution in [3.05, 3.63) is 112 Å². The first kappa shape index (κ1) is 35.0. The van der Waals surface area contributed by atoms with E-state index in [0.717, 1.165) is 67.2 Å². The Hall–Kier alpha value is -6.09. The molecule has 0 radical (unpaired) electrons. The molecule has 278 valence electrons. The van der Waals surface area contributed by atoms with Gasteiger partial charge in [0.25, 0.3) is 0 Å². The minimum atomic E-state index is -0.701. The molecule has 15 heteroatoms. The zero-order valence-corrected chi connectivity index (χ0v) is 30.0. The van der Waals surface area contributed by atoms with Crippen molar-refractivity contribution >= 4 is 34.4 Å². The minimum absolute atomic E-state index is 0.00939. The maximum absolute atomic E-state index is 13.1. The van der Waals surface area contributed by atoms with Crippen LogP contribution in [0.2, 0.25) is 0 Å². The zero-order chi connectivity index (χ0) is 37.3. The number of aryl methyl sites for hydroxylation is 2. The van der Waals surface area contributed by atoms with Gasteiger partial charge < -0.3 is 20.2 Å². The molecule has 3 aliphatic rings. The van der Waals surface area contributed by atoms with Crippen LogP contribution in [0.25, 0.3) is 11.0 Å². The standard InChI is InChI=1S/C39H42N10O5/c1-45-33-18-25(11-12-31(33)49(39(45)54)32-13-14-37(52)42-38(32)53)20-40-16-5-7-27-22-47(44-43-27)21-26-6-4-10-36(41-26)48-24-28-19-29(48)23-46(28)17-15-35(51)30-8-2-3-9-34(30)50/h2-4,6,8-12,15,17-18,22,28-29,32,40,50H,5,7,13-14,16,19-21,23-24H2,1H3,(H,42,52,53)/b17-15+/t28-,29-,32?/m1/s1. The fraction of sp³-hybridized carbons (Fsp3) is 0.359. The van der Waals surface area contributed by atoms with Crippen LogP contribution in [0.15, 0.2) is 83.9 Å². The van der Waals surface area contributed by atoms with E-state index in [2.05, 4.69) is 30.7 Å². The number of rotatable bonds is 13. The Morgan fingerprint density at radius 2 is 1.89 bits per heavy atom. The van der Waals surface area contributed by atoms with E-state index in [0.29, 0.717) is 42.7 Å². The molecule has 6 heterocycles. The van der Waals surface area contributed by atoms with Crippen molar-refractivity contribution in [1.82, 2.24) is 44.6 Å². The Kier molecular flexibility index (Phi) is 9.54. The second-order valence-corrected chi connectivity index (χ2v) is 14.3. The largest absolute Gasteiger partial charge is 0.507 e. The molecule has 54 heavy (non-hydrogen) atoms. The molecule has 0 saturated carbocycles. The van der Waals surface area contributed by atoms with Crippen molar-refractivity contribution in [2.24, 2.45) is 7.05 Å². The van der Waals surface area contributed by atoms with Crippen molar-refractivity contribution < 1.29 is 19.5 Å². The Morgan fingerprint density at radius 1 is 1.02 bits per heavy atom. The Labute approximate surface area is 310 Å². The molecule has 1 unspecified atom stereocenters. The van der Waals surface area contributed by atoms with Gasteiger partial charge in [0.2, 0.25) is 11.8 Å². The number of fused-ring (bicyclic) bond motifs is 3. The number of piperazine rings is 1. The first-order valence-corrected chi connectivity index (χ1v) is 18.3. The summed E-state index contributed by atoms with van der Waals surface area (Å²) in [6, 6.07) is 18.4. The molecule has 8 rings (SSSR count). The summed E-state index contributed by atoms with van der Waals surface area (Å²) in [4.78, 5) is 59.3. The van der Waals surface area contributed by atoms with Gasteiger partial charge >= 0.3 is 5.69 Å². The molecular weight excluding hydrogens is 688 g/mol. The van der Waals surface area contributed by atoms with E-state index < -0.39 is 11.9 Å². The van der Waals surface area contributed by atoms with Gasteiger partial charge in [-0.3, -0.25) is 28.8 Å². The summed E-state index contributed by atoms with van der Waals surface area (Å²) in [6.07, 6.45) is 8.51. The summed E-state index contributed by atoms with van der Waals surface area (Å²) >= 11 is 0. The summed E-state index contributed by atoms with van der Waals surface area (Å²) in [5.74, 6) is -0.0319. The lowest BCUT2D eigenvalue weighted by Crippen LogP contribution is -2.44. The molecule has 3 aliphatic heterocycles. The summed E-state index contributed by atoms with van der Waals surface area (Å²) in [5.41, 5.74) is 4.27. The third-order valence-corrected chi connectivity index (χ3v) is 10.7. The number of imidazole rings is 1. The van der Waals surface area contributed by atoms with Crippen LogP contribution in [0, 0.1) is 0 Å². The number of carbonyl (C=O) groups excluding carboxylic acids is 3. The van der Waals surface area contributed by atoms with Crippen molar-refractivity contribution in [2.75, 3.05) is 24.5 Å². The van der Waals surface area contributed by atoms with Gasteiger partial charge in [-0.1, -0.05) is 29.5 Å². The van der Waals surface area contributed by atoms with Gasteiger partial charge in [0.05, 0.1) is 34.5 Å². The number of ketones is 1. The molecule has 3 atom stereocenters. The molecule has 3 aromatic heterocycles. The fourth-order valence-corrected chi connectivity index (χ4v) is 7.88. The number of nitrogens with zero attached hydrogens (tertiary/aromatic N) is 8. The molecule has 0 aliphatic carbocycles. The van der Waals surface area contributed by atoms with Crippen LogP contribution >= 0.6 is 0 Å². The second-order valence-electron chi connectivity index (χ2n) is 14.3. The van der Waals surface area contributed by atoms with Gasteiger partial charge in [0.15, 0.2) is 5.78 Å². The van der Waals surface area contributed by atoms with Gasteiger partial charge in [0.1, 0.15) is 17.6 Å². The predicted molar refractivity (Wildman–Crippen MR) is 200 cm³/mol. The number of allylic oxidation sites excluding steroid dienone is 1. The number of para-hydroxylation sites is 1. The summed E-state index contributed by atoms with van der Waals surface area (Å²) in [6.45, 7) is 3.53. The highest BCUT2D eigenvalue weighted by atomic mass is 16.3. The number of piperidine rings is 1. The van der Waals surface area contributed by atoms with Crippen LogP contribution < -0.4 is 21.2 Å². The Bertz CT molecular complexity index is 2330. The third kappa shape index (κ3) is 7.01. The SMILES string of the molecule is Cn1c(=O)n(C2CCC(=O)NC2=O)c2ccc(CNCCCc3cn(Cc4cccc(N5C[C@H]6C[C@@H]5CN6/C=C/C(=O)c5ccccc5O)n4)nn3)cc21. The van der Waals surface area contributed by atoms with Crippen molar-refractivity contribution in [3.8, 4) is 5.75 Å². The number of pyridine rings is 1. The number of aromatic hydroxyl groups is 1. The molecule has 2 bridgehead atoms. The number of anilines is 1. The molecule has 3 fully saturated rings. The van der Waals surface area contributed by atoms with E-state index in [9.17, 15) is 24.3 Å². The summed E-state index contributed by atoms with van der Waals surface area (Å²) < 4.78 is 4.86. The lowest BCUT2D eigenvalue weighted by atomic mass is 10.1. The predicted octanol–water partition coefficient (Wildman–Crippen LogP) is 2.44. The maximum Gasteiger partial charge on any atom is 0.329 e. The van der Waals surface area contributed by atoms with Gasteiger partial charge in [-0.25, -0.2) is 14.5 Å². The van der Waals surface area contributed by atoms with E-state index in [-0.39, 0.29) is 29.6 Å². The monoisotopic (exact) mass is 730 g/mol. The van der Waals surface area contributed by atoms with E-state index in [4.69, 9.17) is 4.98 Å². The van der Waals surface area contributed by atoms with Gasteiger partial charge in [-0.2, -0.15) is 0 Å². The molecule has 5 aromatic rings. The lowest BCUT2D eigenvalue weighted by molar-refractivity contribution is -0.135. The van der Waals surface area contributed by atoms with E-state index in [1.165, 1.54) is 10.6 Å². The second kappa shape index (κ2) is 14.7. The number of phenolic OH excluding ortho intramolecular Hbond substituents is 1. The van der Waals surface area contributed by atoms with E-state index in [1.54, 1.807) is 35.9 Å². The van der Waals surface area contributed by atoms with Crippen LogP contribution in [0.4, 0.5) is 5.82 Å². The quantitative estimate of drug-likeness (QED) is 0.0704. The van der Waals surface area contributed by atoms with E-state index in [1.807, 2.05) is 53.5 Å². The van der Waals surface area contributed by atoms with Gasteiger partial charge in [-0.15, -0.1) is 5.10 Å². The van der Waals surface area contributed by atoms with Crippen LogP contribution in [-0.2, 0) is 36.1 Å². The number of hydrogen-bond acceptors (Lipinski definition) is 11. The molecule has 15 nitrogen and oxygen atoms in total. The molecular formula is C39H42N10O5. The fourth-order valence-electron chi connectivity index (χ4n) is 7.88. The highest BCUT2D eigenvalue weighted by molar-refractivity contribution is 6.06. The number of imide groups is 1. The highest BCUT2D eigenvalue weighted by Gasteiger charge is 2.42. The molecule has 3 saturated heterocycles. The smallest absolute Gasteiger partial charge is 0.329 e. The first-order chi connectivity index (χ1) is 26.2. The van der Waals surface area contributed by atoms with Crippen LogP contribution in [0.5, 0.6) is 5.75 Å². The number of aromatic nitrogens is 6. The first-order valence-electron chi connectivity index (χ1n) is 18.3. The van der Waals surface area contributed by atoms with Crippen molar-refractivity contribution in [1.29, 1.82) is 0 Å². The number of amides is 2. The molecule has 0 spiro atoms. The minimum Gasteiger partial charge on any atom is -0.507 e. The van der Waals surface area contributed by atoms with Gasteiger partial charge in [-0.05, 0) is 74.2 Å². The average Bonchev–Trinajstić information content (AvgIpc) is 3.95. The maximum atomic E-state index is 13.1. The Morgan fingerprint density at radius 3 is 2.70 bits per heavy atom. The number of likely N-dealkylation sites (tertiary alicyclic amines) is 1. The van der Waals surface area contributed by atoms with Crippen LogP contribution in [-0.4, -0.2) is 88.4 Å². The highest BCUT2D eigenvalue weighted by Crippen LogP contribution is 2.34. The number of phenols is 1. The van der Waals surface area contributed by atoms with Crippen molar-refractivity contribution in [2.45, 2.75) is 63.3 Å². The van der Waals surface area contributed by atoms with Crippen molar-refractivity contribution in [3.63, 3.8) is 0 Å². The van der Waals surface area contributed by atoms with Crippen LogP contribution in [0.3, 0.4) is 0 Å². The third-order valence-electron chi connectivity index (χ3n) is 10.7. The topological polar surface area (TPSA) is 173 Å². The summed E-state index contributed by atoms with van der Waals surface area (Å²) in [7, 11) is 1.70. The lowest BCUT2D eigenvalue weighted by Gasteiger charge is -2.34. The molecule has 2 aromatic carbocycles. The summed E-state index contributed by atoms with van der Waals surface area (Å²) in [5, 5.41) is 24.5. The zero-order valence-electron chi connectivity index (χ0n) is 30.0. The van der Waals surface area contributed by atoms with Gasteiger partial charge in [0, 0.05) is 63.7 Å².